The van der Waals surface area contributed by atoms with E-state index < -0.39 is 58.1 Å². The van der Waals surface area contributed by atoms with Crippen LogP contribution in [0.3, 0.4) is 0 Å². The van der Waals surface area contributed by atoms with Crippen LogP contribution in [0, 0.1) is 29.3 Å². The first-order valence-corrected chi connectivity index (χ1v) is 6.56. The van der Waals surface area contributed by atoms with Crippen molar-refractivity contribution in [2.24, 2.45) is 0 Å². The van der Waals surface area contributed by atoms with E-state index in [1.54, 1.807) is 0 Å². The number of halogens is 8. The quantitative estimate of drug-likeness (QED) is 0.506. The Morgan fingerprint density at radius 3 is 1.79 bits per heavy atom. The third-order valence-corrected chi connectivity index (χ3v) is 3.33. The van der Waals surface area contributed by atoms with Gasteiger partial charge in [0.25, 0.3) is 11.9 Å². The zero-order valence-electron chi connectivity index (χ0n) is 12.2. The zero-order valence-corrected chi connectivity index (χ0v) is 12.2. The van der Waals surface area contributed by atoms with Crippen LogP contribution >= 0.6 is 0 Å². The van der Waals surface area contributed by atoms with Crippen LogP contribution in [0.2, 0.25) is 0 Å². The minimum absolute atomic E-state index is 0.130. The van der Waals surface area contributed by atoms with Crippen molar-refractivity contribution in [3.63, 3.8) is 0 Å². The van der Waals surface area contributed by atoms with E-state index in [1.165, 1.54) is 13.8 Å². The normalized spacial score (nSPS) is 12.1. The highest BCUT2D eigenvalue weighted by Gasteiger charge is 2.36. The van der Waals surface area contributed by atoms with E-state index in [-0.39, 0.29) is 11.6 Å². The third kappa shape index (κ3) is 3.07. The van der Waals surface area contributed by atoms with Crippen LogP contribution in [-0.4, -0.2) is 4.98 Å². The number of rotatable bonds is 2. The van der Waals surface area contributed by atoms with Gasteiger partial charge in [0.05, 0.1) is 11.1 Å². The van der Waals surface area contributed by atoms with E-state index in [2.05, 4.69) is 4.98 Å². The lowest BCUT2D eigenvalue weighted by molar-refractivity contribution is -0.139. The number of nitrogens with zero attached hydrogens (tertiary/aromatic N) is 1. The van der Waals surface area contributed by atoms with Crippen molar-refractivity contribution in [1.82, 2.24) is 4.98 Å². The van der Waals surface area contributed by atoms with Gasteiger partial charge >= 0.3 is 6.18 Å². The highest BCUT2D eigenvalue weighted by molar-refractivity contribution is 5.70. The topological polar surface area (TPSA) is 12.9 Å². The molecule has 0 aliphatic carbocycles. The molecule has 0 unspecified atom stereocenters. The fraction of sp³-hybridized carbons (Fsp3) is 0.267. The van der Waals surface area contributed by atoms with Crippen molar-refractivity contribution >= 4 is 0 Å². The monoisotopic (exact) mass is 355 g/mol. The number of hydrogen-bond donors (Lipinski definition) is 0. The maximum absolute atomic E-state index is 13.9. The first-order chi connectivity index (χ1) is 10.9. The van der Waals surface area contributed by atoms with Gasteiger partial charge in [-0.1, -0.05) is 13.8 Å². The molecule has 0 aliphatic rings. The Balaban J connectivity index is 2.93. The number of alkyl halides is 3. The summed E-state index contributed by atoms with van der Waals surface area (Å²) in [6.07, 6.45) is -5.16. The summed E-state index contributed by atoms with van der Waals surface area (Å²) in [6, 6.07) is 0.572. The Morgan fingerprint density at radius 1 is 0.875 bits per heavy atom. The second-order valence-electron chi connectivity index (χ2n) is 5.27. The molecule has 9 heteroatoms. The molecule has 0 radical (unpaired) electrons. The van der Waals surface area contributed by atoms with Crippen LogP contribution in [0.1, 0.15) is 30.9 Å². The number of pyridine rings is 1. The van der Waals surface area contributed by atoms with Gasteiger partial charge in [-0.3, -0.25) is 0 Å². The molecular formula is C15H9F8N. The lowest BCUT2D eigenvalue weighted by atomic mass is 9.90. The van der Waals surface area contributed by atoms with E-state index in [1.807, 2.05) is 0 Å². The molecule has 0 fully saturated rings. The Morgan fingerprint density at radius 2 is 1.38 bits per heavy atom. The lowest BCUT2D eigenvalue weighted by Gasteiger charge is -2.18. The largest absolute Gasteiger partial charge is 0.419 e. The number of hydrogen-bond acceptors (Lipinski definition) is 1. The molecule has 1 heterocycles. The summed E-state index contributed by atoms with van der Waals surface area (Å²) in [5, 5.41) is 0. The summed E-state index contributed by atoms with van der Waals surface area (Å²) in [7, 11) is 0. The molecule has 0 saturated carbocycles. The molecular weight excluding hydrogens is 346 g/mol. The third-order valence-electron chi connectivity index (χ3n) is 3.33. The molecule has 0 saturated heterocycles. The summed E-state index contributed by atoms with van der Waals surface area (Å²) in [4.78, 5) is 2.34. The molecule has 0 N–H and O–H groups in total. The highest BCUT2D eigenvalue weighted by atomic mass is 19.4. The molecule has 0 spiro atoms. The Kier molecular flexibility index (Phi) is 4.56. The molecule has 0 amide bonds. The van der Waals surface area contributed by atoms with Gasteiger partial charge in [0, 0.05) is 0 Å². The molecule has 2 aromatic rings. The van der Waals surface area contributed by atoms with E-state index in [4.69, 9.17) is 0 Å². The van der Waals surface area contributed by atoms with Crippen molar-refractivity contribution in [1.29, 1.82) is 0 Å². The Bertz CT molecular complexity index is 769. The van der Waals surface area contributed by atoms with Crippen molar-refractivity contribution in [2.75, 3.05) is 0 Å². The summed E-state index contributed by atoms with van der Waals surface area (Å²) in [6.45, 7) is 2.82. The van der Waals surface area contributed by atoms with Crippen LogP contribution in [0.15, 0.2) is 12.1 Å². The predicted octanol–water partition coefficient (Wildman–Crippen LogP) is 5.59. The maximum Gasteiger partial charge on any atom is 0.419 e. The van der Waals surface area contributed by atoms with Gasteiger partial charge in [0.1, 0.15) is 5.82 Å². The van der Waals surface area contributed by atoms with Crippen LogP contribution in [0.4, 0.5) is 35.1 Å². The average molecular weight is 355 g/mol. The first-order valence-electron chi connectivity index (χ1n) is 6.56. The molecule has 130 valence electrons. The molecule has 1 nitrogen and oxygen atoms in total. The molecule has 1 aromatic heterocycles. The van der Waals surface area contributed by atoms with Gasteiger partial charge in [-0.15, -0.1) is 0 Å². The summed E-state index contributed by atoms with van der Waals surface area (Å²) in [5.41, 5.74) is -4.22. The van der Waals surface area contributed by atoms with Crippen LogP contribution in [0.5, 0.6) is 0 Å². The van der Waals surface area contributed by atoms with Crippen molar-refractivity contribution in [2.45, 2.75) is 25.9 Å². The number of aromatic nitrogens is 1. The highest BCUT2D eigenvalue weighted by Crippen LogP contribution is 2.40. The van der Waals surface area contributed by atoms with Gasteiger partial charge in [0.15, 0.2) is 11.6 Å². The van der Waals surface area contributed by atoms with Gasteiger partial charge < -0.3 is 0 Å². The first kappa shape index (κ1) is 18.2. The summed E-state index contributed by atoms with van der Waals surface area (Å²) in [5.74, 6) is -10.3. The molecule has 0 bridgehead atoms. The Hall–Kier alpha value is -2.19. The SMILES string of the molecule is CC(C)c1cc(F)c(C(F)(F)F)cc1-c1c(F)c(F)nc(F)c1F. The van der Waals surface area contributed by atoms with Crippen molar-refractivity contribution in [3.8, 4) is 11.1 Å². The smallest absolute Gasteiger partial charge is 0.206 e. The van der Waals surface area contributed by atoms with Crippen LogP contribution in [0.25, 0.3) is 11.1 Å². The molecule has 2 rings (SSSR count). The fourth-order valence-electron chi connectivity index (χ4n) is 2.22. The molecule has 0 aliphatic heterocycles. The minimum Gasteiger partial charge on any atom is -0.206 e. The van der Waals surface area contributed by atoms with Crippen molar-refractivity contribution in [3.05, 3.63) is 52.6 Å². The van der Waals surface area contributed by atoms with E-state index >= 15 is 0 Å². The molecule has 1 aromatic carbocycles. The van der Waals surface area contributed by atoms with Gasteiger partial charge in [-0.2, -0.15) is 26.9 Å². The zero-order chi connectivity index (χ0) is 18.4. The second-order valence-corrected chi connectivity index (χ2v) is 5.27. The Labute approximate surface area is 130 Å². The summed E-state index contributed by atoms with van der Waals surface area (Å²) < 4.78 is 107. The summed E-state index contributed by atoms with van der Waals surface area (Å²) >= 11 is 0. The second kappa shape index (κ2) is 6.03. The molecule has 24 heavy (non-hydrogen) atoms. The number of benzene rings is 1. The van der Waals surface area contributed by atoms with E-state index in [0.717, 1.165) is 0 Å². The maximum atomic E-state index is 13.9. The van der Waals surface area contributed by atoms with E-state index in [0.29, 0.717) is 6.07 Å². The van der Waals surface area contributed by atoms with E-state index in [9.17, 15) is 35.1 Å². The average Bonchev–Trinajstić information content (AvgIpc) is 2.45. The van der Waals surface area contributed by atoms with Crippen LogP contribution in [-0.2, 0) is 6.18 Å². The fourth-order valence-corrected chi connectivity index (χ4v) is 2.22. The minimum atomic E-state index is -5.16. The van der Waals surface area contributed by atoms with Crippen LogP contribution < -0.4 is 0 Å². The standard InChI is InChI=1S/C15H9F8N/c1-5(2)6-4-9(16)8(15(21,22)23)3-7(6)10-11(17)13(19)24-14(20)12(10)18/h3-5H,1-2H3. The predicted molar refractivity (Wildman–Crippen MR) is 68.6 cm³/mol. The lowest BCUT2D eigenvalue weighted by Crippen LogP contribution is -2.11. The van der Waals surface area contributed by atoms with Crippen molar-refractivity contribution < 1.29 is 35.1 Å². The van der Waals surface area contributed by atoms with Gasteiger partial charge in [-0.05, 0) is 29.2 Å². The molecule has 0 atom stereocenters. The van der Waals surface area contributed by atoms with Gasteiger partial charge in [0.2, 0.25) is 0 Å². The van der Waals surface area contributed by atoms with Gasteiger partial charge in [-0.25, -0.2) is 13.2 Å².